The van der Waals surface area contributed by atoms with Crippen LogP contribution in [0.25, 0.3) is 0 Å². The van der Waals surface area contributed by atoms with Crippen LogP contribution in [0.3, 0.4) is 0 Å². The molecule has 0 amide bonds. The van der Waals surface area contributed by atoms with Gasteiger partial charge >= 0.3 is 0 Å². The maximum atomic E-state index is 13.7. The van der Waals surface area contributed by atoms with Crippen molar-refractivity contribution in [1.82, 2.24) is 4.90 Å². The highest BCUT2D eigenvalue weighted by Gasteiger charge is 2.21. The minimum atomic E-state index is -0.582. The van der Waals surface area contributed by atoms with E-state index in [0.717, 1.165) is 37.6 Å². The molecule has 1 unspecified atom stereocenters. The number of benzene rings is 1. The molecule has 1 fully saturated rings. The number of rotatable bonds is 5. The van der Waals surface area contributed by atoms with E-state index in [1.165, 1.54) is 0 Å². The van der Waals surface area contributed by atoms with Gasteiger partial charge in [0.2, 0.25) is 0 Å². The fourth-order valence-corrected chi connectivity index (χ4v) is 2.56. The van der Waals surface area contributed by atoms with Crippen molar-refractivity contribution in [2.24, 2.45) is 0 Å². The number of anilines is 1. The topological polar surface area (TPSA) is 48.3 Å². The molecular weight excluding hydrogens is 308 g/mol. The Morgan fingerprint density at radius 2 is 2.32 bits per heavy atom. The van der Waals surface area contributed by atoms with Crippen molar-refractivity contribution in [3.63, 3.8) is 0 Å². The van der Waals surface area contributed by atoms with E-state index in [9.17, 15) is 8.78 Å². The van der Waals surface area contributed by atoms with Crippen molar-refractivity contribution in [1.29, 1.82) is 5.26 Å². The lowest BCUT2D eigenvalue weighted by atomic mass is 10.2. The second-order valence-corrected chi connectivity index (χ2v) is 5.43. The van der Waals surface area contributed by atoms with Crippen LogP contribution in [0, 0.1) is 23.0 Å². The molecule has 1 aromatic carbocycles. The molecule has 1 aromatic rings. The third-order valence-corrected chi connectivity index (χ3v) is 3.76. The van der Waals surface area contributed by atoms with E-state index in [2.05, 4.69) is 11.4 Å². The molecule has 7 heteroatoms. The van der Waals surface area contributed by atoms with Crippen LogP contribution >= 0.6 is 12.2 Å². The molecule has 1 aliphatic rings. The highest BCUT2D eigenvalue weighted by Crippen LogP contribution is 2.18. The maximum Gasteiger partial charge on any atom is 0.173 e. The monoisotopic (exact) mass is 325 g/mol. The summed E-state index contributed by atoms with van der Waals surface area (Å²) >= 11 is 5.27. The van der Waals surface area contributed by atoms with Gasteiger partial charge in [-0.15, -0.1) is 0 Å². The minimum Gasteiger partial charge on any atom is -0.376 e. The molecule has 4 nitrogen and oxygen atoms in total. The van der Waals surface area contributed by atoms with Crippen LogP contribution in [0.15, 0.2) is 18.2 Å². The Morgan fingerprint density at radius 1 is 1.50 bits per heavy atom. The molecule has 0 spiro atoms. The number of nitrogens with zero attached hydrogens (tertiary/aromatic N) is 2. The summed E-state index contributed by atoms with van der Waals surface area (Å²) < 4.78 is 32.4. The van der Waals surface area contributed by atoms with Crippen molar-refractivity contribution in [3.8, 4) is 6.07 Å². The van der Waals surface area contributed by atoms with Gasteiger partial charge in [-0.3, -0.25) is 0 Å². The quantitative estimate of drug-likeness (QED) is 0.843. The summed E-state index contributed by atoms with van der Waals surface area (Å²) in [6, 6.07) is 5.20. The summed E-state index contributed by atoms with van der Waals surface area (Å²) in [6.07, 6.45) is 2.27. The second kappa shape index (κ2) is 8.01. The van der Waals surface area contributed by atoms with E-state index in [1.54, 1.807) is 4.90 Å². The highest BCUT2D eigenvalue weighted by molar-refractivity contribution is 7.80. The first-order valence-electron chi connectivity index (χ1n) is 7.09. The molecule has 1 atom stereocenters. The van der Waals surface area contributed by atoms with Gasteiger partial charge in [0.15, 0.2) is 5.11 Å². The van der Waals surface area contributed by atoms with Crippen LogP contribution in [-0.2, 0) is 4.74 Å². The van der Waals surface area contributed by atoms with Crippen molar-refractivity contribution in [2.75, 3.05) is 25.0 Å². The molecule has 1 heterocycles. The Bertz CT molecular complexity index is 570. The fraction of sp³-hybridized carbons (Fsp3) is 0.467. The molecule has 1 aliphatic heterocycles. The number of halogens is 2. The molecule has 0 aromatic heterocycles. The zero-order chi connectivity index (χ0) is 15.9. The first kappa shape index (κ1) is 16.6. The summed E-state index contributed by atoms with van der Waals surface area (Å²) in [5.41, 5.74) is -0.0145. The van der Waals surface area contributed by atoms with Gasteiger partial charge in [0, 0.05) is 25.8 Å². The Balaban J connectivity index is 2.03. The molecular formula is C15H17F2N3OS. The van der Waals surface area contributed by atoms with Crippen molar-refractivity contribution < 1.29 is 13.5 Å². The van der Waals surface area contributed by atoms with E-state index in [1.807, 2.05) is 0 Å². The van der Waals surface area contributed by atoms with Crippen LogP contribution in [0.5, 0.6) is 0 Å². The van der Waals surface area contributed by atoms with Gasteiger partial charge in [-0.1, -0.05) is 0 Å². The molecule has 22 heavy (non-hydrogen) atoms. The van der Waals surface area contributed by atoms with Crippen LogP contribution in [0.4, 0.5) is 14.5 Å². The highest BCUT2D eigenvalue weighted by atomic mass is 32.1. The smallest absolute Gasteiger partial charge is 0.173 e. The Labute approximate surface area is 133 Å². The fourth-order valence-electron chi connectivity index (χ4n) is 2.28. The molecule has 2 rings (SSSR count). The molecule has 0 radical (unpaired) electrons. The van der Waals surface area contributed by atoms with E-state index < -0.39 is 11.6 Å². The maximum absolute atomic E-state index is 13.7. The van der Waals surface area contributed by atoms with E-state index in [0.29, 0.717) is 19.5 Å². The van der Waals surface area contributed by atoms with Crippen molar-refractivity contribution >= 4 is 23.0 Å². The summed E-state index contributed by atoms with van der Waals surface area (Å²) in [5, 5.41) is 11.7. The van der Waals surface area contributed by atoms with Crippen LogP contribution < -0.4 is 5.32 Å². The molecule has 0 aliphatic carbocycles. The lowest BCUT2D eigenvalue weighted by molar-refractivity contribution is 0.0922. The third-order valence-electron chi connectivity index (χ3n) is 3.40. The number of ether oxygens (including phenoxy) is 1. The van der Waals surface area contributed by atoms with Crippen LogP contribution in [0.1, 0.15) is 19.3 Å². The van der Waals surface area contributed by atoms with Gasteiger partial charge in [-0.25, -0.2) is 8.78 Å². The predicted molar refractivity (Wildman–Crippen MR) is 83.4 cm³/mol. The van der Waals surface area contributed by atoms with Gasteiger partial charge < -0.3 is 15.0 Å². The molecule has 0 bridgehead atoms. The minimum absolute atomic E-state index is 0.0145. The summed E-state index contributed by atoms with van der Waals surface area (Å²) in [6.45, 7) is 1.67. The third kappa shape index (κ3) is 4.61. The Kier molecular flexibility index (Phi) is 6.04. The van der Waals surface area contributed by atoms with Crippen LogP contribution in [-0.4, -0.2) is 35.8 Å². The summed E-state index contributed by atoms with van der Waals surface area (Å²) in [7, 11) is 0. The zero-order valence-corrected chi connectivity index (χ0v) is 12.8. The summed E-state index contributed by atoms with van der Waals surface area (Å²) in [4.78, 5) is 1.76. The van der Waals surface area contributed by atoms with E-state index >= 15 is 0 Å². The van der Waals surface area contributed by atoms with Gasteiger partial charge in [-0.2, -0.15) is 5.26 Å². The van der Waals surface area contributed by atoms with Gasteiger partial charge in [0.25, 0.3) is 0 Å². The lowest BCUT2D eigenvalue weighted by Crippen LogP contribution is -2.40. The molecule has 1 saturated heterocycles. The van der Waals surface area contributed by atoms with Crippen LogP contribution in [0.2, 0.25) is 0 Å². The standard InChI is InChI=1S/C15H17F2N3OS/c16-11-4-5-13(17)14(9-11)19-15(22)20(7-2-6-18)10-12-3-1-8-21-12/h4-5,9,12H,1-3,7-8,10H2,(H,19,22). The molecule has 118 valence electrons. The number of hydrogen-bond acceptors (Lipinski definition) is 3. The van der Waals surface area contributed by atoms with Gasteiger partial charge in [-0.05, 0) is 37.2 Å². The molecule has 1 N–H and O–H groups in total. The Morgan fingerprint density at radius 3 is 3.00 bits per heavy atom. The number of thiocarbonyl (C=S) groups is 1. The average Bonchev–Trinajstić information content (AvgIpc) is 3.00. The van der Waals surface area contributed by atoms with Crippen molar-refractivity contribution in [3.05, 3.63) is 29.8 Å². The Hall–Kier alpha value is -1.78. The van der Waals surface area contributed by atoms with Crippen molar-refractivity contribution in [2.45, 2.75) is 25.4 Å². The number of nitriles is 1. The lowest BCUT2D eigenvalue weighted by Gasteiger charge is -2.27. The number of hydrogen-bond donors (Lipinski definition) is 1. The largest absolute Gasteiger partial charge is 0.376 e. The SMILES string of the molecule is N#CCCN(CC1CCCO1)C(=S)Nc1cc(F)ccc1F. The normalized spacial score (nSPS) is 17.0. The first-order chi connectivity index (χ1) is 10.6. The van der Waals surface area contributed by atoms with E-state index in [-0.39, 0.29) is 16.9 Å². The number of nitrogens with one attached hydrogen (secondary N) is 1. The average molecular weight is 325 g/mol. The molecule has 0 saturated carbocycles. The predicted octanol–water partition coefficient (Wildman–Crippen LogP) is 3.06. The van der Waals surface area contributed by atoms with Gasteiger partial charge in [0.05, 0.1) is 24.3 Å². The van der Waals surface area contributed by atoms with Gasteiger partial charge in [0.1, 0.15) is 11.6 Å². The second-order valence-electron chi connectivity index (χ2n) is 5.04. The summed E-state index contributed by atoms with van der Waals surface area (Å²) in [5.74, 6) is -1.13. The van der Waals surface area contributed by atoms with E-state index in [4.69, 9.17) is 22.2 Å². The first-order valence-corrected chi connectivity index (χ1v) is 7.50. The zero-order valence-electron chi connectivity index (χ0n) is 12.0.